The molecule has 0 aliphatic heterocycles. The first-order chi connectivity index (χ1) is 11.7. The van der Waals surface area contributed by atoms with E-state index in [1.807, 2.05) is 30.3 Å². The number of nitro benzene ring substituents is 1. The molecule has 0 radical (unpaired) electrons. The van der Waals surface area contributed by atoms with Crippen LogP contribution in [-0.4, -0.2) is 15.1 Å². The van der Waals surface area contributed by atoms with Gasteiger partial charge in [0.2, 0.25) is 0 Å². The number of nitro groups is 1. The van der Waals surface area contributed by atoms with Gasteiger partial charge in [0.25, 0.3) is 5.69 Å². The van der Waals surface area contributed by atoms with Crippen LogP contribution in [0.2, 0.25) is 0 Å². The molecule has 0 bridgehead atoms. The van der Waals surface area contributed by atoms with Gasteiger partial charge in [-0.25, -0.2) is 0 Å². The number of nitrogens with zero attached hydrogens (tertiary/aromatic N) is 3. The Bertz CT molecular complexity index is 952. The van der Waals surface area contributed by atoms with E-state index in [1.54, 1.807) is 24.4 Å². The van der Waals surface area contributed by atoms with E-state index in [0.29, 0.717) is 22.4 Å². The number of aromatic amines is 1. The molecule has 0 atom stereocenters. The summed E-state index contributed by atoms with van der Waals surface area (Å²) < 4.78 is 0. The van der Waals surface area contributed by atoms with Crippen molar-refractivity contribution in [2.24, 2.45) is 0 Å². The van der Waals surface area contributed by atoms with Gasteiger partial charge in [0.05, 0.1) is 28.5 Å². The summed E-state index contributed by atoms with van der Waals surface area (Å²) in [5.74, 6) is 0. The second kappa shape index (κ2) is 6.58. The minimum Gasteiger partial charge on any atom is -0.277 e. The number of allylic oxidation sites excluding steroid dienone is 1. The summed E-state index contributed by atoms with van der Waals surface area (Å²) in [6.07, 6.45) is 3.31. The van der Waals surface area contributed by atoms with Crippen LogP contribution in [0.1, 0.15) is 11.1 Å². The van der Waals surface area contributed by atoms with Crippen molar-refractivity contribution in [3.8, 4) is 17.3 Å². The van der Waals surface area contributed by atoms with E-state index in [1.165, 1.54) is 12.1 Å². The van der Waals surface area contributed by atoms with Gasteiger partial charge in [-0.1, -0.05) is 42.5 Å². The number of benzene rings is 2. The monoisotopic (exact) mass is 316 g/mol. The van der Waals surface area contributed by atoms with Gasteiger partial charge < -0.3 is 0 Å². The highest BCUT2D eigenvalue weighted by Crippen LogP contribution is 2.27. The minimum absolute atomic E-state index is 0.000552. The standard InChI is InChI=1S/C18H12N4O2/c19-11-15(13-5-2-1-3-6-13)9-16-12-20-21-18(16)14-7-4-8-17(10-14)22(23)24/h1-10,12H,(H,20,21)/b15-9-. The van der Waals surface area contributed by atoms with Gasteiger partial charge in [0, 0.05) is 23.3 Å². The molecule has 0 saturated heterocycles. The highest BCUT2D eigenvalue weighted by molar-refractivity contribution is 5.92. The Morgan fingerprint density at radius 3 is 2.71 bits per heavy atom. The van der Waals surface area contributed by atoms with E-state index >= 15 is 0 Å². The molecule has 0 saturated carbocycles. The summed E-state index contributed by atoms with van der Waals surface area (Å²) in [6.45, 7) is 0. The molecule has 0 aliphatic carbocycles. The van der Waals surface area contributed by atoms with Gasteiger partial charge in [-0.3, -0.25) is 15.2 Å². The Balaban J connectivity index is 2.05. The molecular formula is C18H12N4O2. The lowest BCUT2D eigenvalue weighted by atomic mass is 10.0. The molecule has 6 heteroatoms. The van der Waals surface area contributed by atoms with Gasteiger partial charge in [-0.15, -0.1) is 0 Å². The fraction of sp³-hybridized carbons (Fsp3) is 0. The first-order valence-corrected chi connectivity index (χ1v) is 7.14. The van der Waals surface area contributed by atoms with Crippen molar-refractivity contribution in [1.82, 2.24) is 10.2 Å². The van der Waals surface area contributed by atoms with Crippen molar-refractivity contribution >= 4 is 17.3 Å². The van der Waals surface area contributed by atoms with Gasteiger partial charge in [-0.2, -0.15) is 10.4 Å². The minimum atomic E-state index is -0.444. The third-order valence-corrected chi connectivity index (χ3v) is 3.52. The van der Waals surface area contributed by atoms with E-state index in [4.69, 9.17) is 0 Å². The maximum Gasteiger partial charge on any atom is 0.270 e. The number of nitriles is 1. The fourth-order valence-corrected chi connectivity index (χ4v) is 2.36. The number of rotatable bonds is 4. The molecular weight excluding hydrogens is 304 g/mol. The summed E-state index contributed by atoms with van der Waals surface area (Å²) in [5.41, 5.74) is 3.24. The van der Waals surface area contributed by atoms with E-state index < -0.39 is 4.92 Å². The first-order valence-electron chi connectivity index (χ1n) is 7.14. The quantitative estimate of drug-likeness (QED) is 0.446. The molecule has 1 aromatic heterocycles. The number of hydrogen-bond donors (Lipinski definition) is 1. The molecule has 0 fully saturated rings. The van der Waals surface area contributed by atoms with E-state index in [-0.39, 0.29) is 5.69 Å². The normalized spacial score (nSPS) is 11.0. The van der Waals surface area contributed by atoms with Gasteiger partial charge in [0.1, 0.15) is 0 Å². The molecule has 2 aromatic carbocycles. The molecule has 0 spiro atoms. The van der Waals surface area contributed by atoms with Crippen LogP contribution in [-0.2, 0) is 0 Å². The Morgan fingerprint density at radius 2 is 2.00 bits per heavy atom. The zero-order valence-corrected chi connectivity index (χ0v) is 12.5. The molecule has 0 unspecified atom stereocenters. The molecule has 24 heavy (non-hydrogen) atoms. The van der Waals surface area contributed by atoms with Crippen molar-refractivity contribution in [3.05, 3.63) is 82.0 Å². The number of non-ortho nitro benzene ring substituents is 1. The molecule has 0 aliphatic rings. The molecule has 116 valence electrons. The number of aromatic nitrogens is 2. The first kappa shape index (κ1) is 15.2. The van der Waals surface area contributed by atoms with Crippen molar-refractivity contribution in [2.45, 2.75) is 0 Å². The number of nitrogens with one attached hydrogen (secondary N) is 1. The Hall–Kier alpha value is -3.72. The zero-order valence-electron chi connectivity index (χ0n) is 12.5. The Morgan fingerprint density at radius 1 is 1.21 bits per heavy atom. The third-order valence-electron chi connectivity index (χ3n) is 3.52. The van der Waals surface area contributed by atoms with Crippen LogP contribution in [0.5, 0.6) is 0 Å². The van der Waals surface area contributed by atoms with Crippen LogP contribution >= 0.6 is 0 Å². The SMILES string of the molecule is N#C/C(=C/c1cn[nH]c1-c1cccc([N+](=O)[O-])c1)c1ccccc1. The topological polar surface area (TPSA) is 95.6 Å². The fourth-order valence-electron chi connectivity index (χ4n) is 2.36. The van der Waals surface area contributed by atoms with Crippen LogP contribution < -0.4 is 0 Å². The molecule has 6 nitrogen and oxygen atoms in total. The second-order valence-electron chi connectivity index (χ2n) is 5.04. The predicted molar refractivity (Wildman–Crippen MR) is 90.6 cm³/mol. The van der Waals surface area contributed by atoms with Gasteiger partial charge in [0.15, 0.2) is 0 Å². The van der Waals surface area contributed by atoms with Crippen molar-refractivity contribution in [2.75, 3.05) is 0 Å². The van der Waals surface area contributed by atoms with Gasteiger partial charge in [-0.05, 0) is 11.6 Å². The average Bonchev–Trinajstić information content (AvgIpc) is 3.08. The smallest absolute Gasteiger partial charge is 0.270 e. The molecule has 3 aromatic rings. The molecule has 1 heterocycles. The molecule has 1 N–H and O–H groups in total. The zero-order chi connectivity index (χ0) is 16.9. The summed E-state index contributed by atoms with van der Waals surface area (Å²) in [5, 5.41) is 27.2. The van der Waals surface area contributed by atoms with Crippen molar-refractivity contribution in [3.63, 3.8) is 0 Å². The number of H-pyrrole nitrogens is 1. The van der Waals surface area contributed by atoms with E-state index in [2.05, 4.69) is 16.3 Å². The van der Waals surface area contributed by atoms with Crippen LogP contribution in [0.3, 0.4) is 0 Å². The highest BCUT2D eigenvalue weighted by Gasteiger charge is 2.12. The largest absolute Gasteiger partial charge is 0.277 e. The van der Waals surface area contributed by atoms with Crippen LogP contribution in [0.15, 0.2) is 60.8 Å². The maximum absolute atomic E-state index is 10.9. The number of hydrogen-bond acceptors (Lipinski definition) is 4. The summed E-state index contributed by atoms with van der Waals surface area (Å²) in [6, 6.07) is 17.7. The van der Waals surface area contributed by atoms with Crippen molar-refractivity contribution in [1.29, 1.82) is 5.26 Å². The van der Waals surface area contributed by atoms with Gasteiger partial charge >= 0.3 is 0 Å². The Labute approximate surface area is 137 Å². The maximum atomic E-state index is 10.9. The lowest BCUT2D eigenvalue weighted by Gasteiger charge is -2.02. The average molecular weight is 316 g/mol. The molecule has 3 rings (SSSR count). The lowest BCUT2D eigenvalue weighted by Crippen LogP contribution is -1.89. The van der Waals surface area contributed by atoms with E-state index in [9.17, 15) is 15.4 Å². The summed E-state index contributed by atoms with van der Waals surface area (Å²) >= 11 is 0. The van der Waals surface area contributed by atoms with Crippen LogP contribution in [0.4, 0.5) is 5.69 Å². The second-order valence-corrected chi connectivity index (χ2v) is 5.04. The molecule has 0 amide bonds. The van der Waals surface area contributed by atoms with Crippen LogP contribution in [0, 0.1) is 21.4 Å². The van der Waals surface area contributed by atoms with E-state index in [0.717, 1.165) is 5.56 Å². The predicted octanol–water partition coefficient (Wildman–Crippen LogP) is 4.05. The van der Waals surface area contributed by atoms with Crippen LogP contribution in [0.25, 0.3) is 22.9 Å². The van der Waals surface area contributed by atoms with Crippen molar-refractivity contribution < 1.29 is 4.92 Å². The third kappa shape index (κ3) is 3.05. The summed E-state index contributed by atoms with van der Waals surface area (Å²) in [7, 11) is 0. The highest BCUT2D eigenvalue weighted by atomic mass is 16.6. The lowest BCUT2D eigenvalue weighted by molar-refractivity contribution is -0.384. The Kier molecular flexibility index (Phi) is 4.17. The summed E-state index contributed by atoms with van der Waals surface area (Å²) in [4.78, 5) is 10.5.